The number of hydrogen-bond donors (Lipinski definition) is 3. The second-order valence-corrected chi connectivity index (χ2v) is 7.06. The highest BCUT2D eigenvalue weighted by Gasteiger charge is 2.14. The minimum absolute atomic E-state index is 0.0483. The molecule has 0 bridgehead atoms. The molecule has 2 aromatic carbocycles. The molecule has 1 aliphatic rings. The van der Waals surface area contributed by atoms with E-state index in [9.17, 15) is 9.59 Å². The molecule has 0 saturated carbocycles. The Labute approximate surface area is 160 Å². The minimum atomic E-state index is -0.199. The fraction of sp³-hybridized carbons (Fsp3) is 0.364. The molecule has 0 heterocycles. The van der Waals surface area contributed by atoms with E-state index in [0.29, 0.717) is 12.1 Å². The van der Waals surface area contributed by atoms with Crippen LogP contribution in [-0.2, 0) is 19.4 Å². The van der Waals surface area contributed by atoms with E-state index in [1.807, 2.05) is 19.1 Å². The van der Waals surface area contributed by atoms with Gasteiger partial charge in [-0.15, -0.1) is 0 Å². The normalized spacial score (nSPS) is 14.0. The summed E-state index contributed by atoms with van der Waals surface area (Å²) in [6, 6.07) is 13.5. The number of urea groups is 1. The molecular formula is C22H27N3O2. The molecule has 0 radical (unpaired) electrons. The molecule has 0 fully saturated rings. The van der Waals surface area contributed by atoms with E-state index in [0.717, 1.165) is 24.0 Å². The van der Waals surface area contributed by atoms with Gasteiger partial charge in [0, 0.05) is 19.2 Å². The topological polar surface area (TPSA) is 70.2 Å². The number of aryl methyl sites for hydroxylation is 2. The van der Waals surface area contributed by atoms with Crippen LogP contribution in [0.4, 0.5) is 4.79 Å². The van der Waals surface area contributed by atoms with E-state index in [-0.39, 0.29) is 18.0 Å². The highest BCUT2D eigenvalue weighted by molar-refractivity contribution is 5.93. The lowest BCUT2D eigenvalue weighted by molar-refractivity contribution is 0.0963. The van der Waals surface area contributed by atoms with Gasteiger partial charge in [-0.3, -0.25) is 4.79 Å². The van der Waals surface area contributed by atoms with Gasteiger partial charge in [0.2, 0.25) is 0 Å². The standard InChI is InChI=1S/C22H27N3O2/c1-15(19-12-11-17-5-3-4-6-20(17)13-19)25-22(27)24-14-16-7-9-18(10-8-16)21(26)23-2/h7-13,15H,3-6,14H2,1-2H3,(H,23,26)(H2,24,25,27)/t15-/m1/s1. The van der Waals surface area contributed by atoms with Crippen molar-refractivity contribution in [2.75, 3.05) is 7.05 Å². The Morgan fingerprint density at radius 1 is 1.00 bits per heavy atom. The molecule has 1 atom stereocenters. The summed E-state index contributed by atoms with van der Waals surface area (Å²) in [5.41, 5.74) is 5.55. The number of amides is 3. The average Bonchev–Trinajstić information content (AvgIpc) is 2.71. The molecule has 0 aliphatic heterocycles. The first-order chi connectivity index (χ1) is 13.1. The van der Waals surface area contributed by atoms with Gasteiger partial charge in [-0.05, 0) is 67.0 Å². The molecule has 27 heavy (non-hydrogen) atoms. The largest absolute Gasteiger partial charge is 0.355 e. The molecule has 3 amide bonds. The smallest absolute Gasteiger partial charge is 0.315 e. The molecule has 142 valence electrons. The molecule has 2 aromatic rings. The maximum Gasteiger partial charge on any atom is 0.315 e. The number of fused-ring (bicyclic) bond motifs is 1. The van der Waals surface area contributed by atoms with Crippen molar-refractivity contribution < 1.29 is 9.59 Å². The average molecular weight is 365 g/mol. The van der Waals surface area contributed by atoms with Gasteiger partial charge in [0.15, 0.2) is 0 Å². The first kappa shape index (κ1) is 19.0. The molecule has 0 saturated heterocycles. The van der Waals surface area contributed by atoms with Gasteiger partial charge in [0.1, 0.15) is 0 Å². The number of rotatable bonds is 5. The summed E-state index contributed by atoms with van der Waals surface area (Å²) in [5, 5.41) is 8.46. The minimum Gasteiger partial charge on any atom is -0.355 e. The van der Waals surface area contributed by atoms with Crippen molar-refractivity contribution in [2.24, 2.45) is 0 Å². The highest BCUT2D eigenvalue weighted by Crippen LogP contribution is 2.24. The fourth-order valence-electron chi connectivity index (χ4n) is 3.45. The Kier molecular flexibility index (Phi) is 6.12. The molecule has 5 heteroatoms. The first-order valence-corrected chi connectivity index (χ1v) is 9.54. The predicted molar refractivity (Wildman–Crippen MR) is 107 cm³/mol. The van der Waals surface area contributed by atoms with Gasteiger partial charge in [-0.25, -0.2) is 4.79 Å². The zero-order valence-electron chi connectivity index (χ0n) is 16.0. The van der Waals surface area contributed by atoms with E-state index in [1.54, 1.807) is 19.2 Å². The molecule has 0 unspecified atom stereocenters. The van der Waals surface area contributed by atoms with E-state index >= 15 is 0 Å². The van der Waals surface area contributed by atoms with E-state index in [4.69, 9.17) is 0 Å². The van der Waals surface area contributed by atoms with Crippen LogP contribution in [0.15, 0.2) is 42.5 Å². The zero-order valence-corrected chi connectivity index (χ0v) is 16.0. The third-order valence-corrected chi connectivity index (χ3v) is 5.12. The van der Waals surface area contributed by atoms with Gasteiger partial charge < -0.3 is 16.0 Å². The Morgan fingerprint density at radius 2 is 1.70 bits per heavy atom. The van der Waals surface area contributed by atoms with Crippen LogP contribution in [0.25, 0.3) is 0 Å². The van der Waals surface area contributed by atoms with Crippen molar-refractivity contribution in [2.45, 2.75) is 45.2 Å². The Morgan fingerprint density at radius 3 is 2.41 bits per heavy atom. The Balaban J connectivity index is 1.52. The summed E-state index contributed by atoms with van der Waals surface area (Å²) < 4.78 is 0. The van der Waals surface area contributed by atoms with Gasteiger partial charge in [0.25, 0.3) is 5.91 Å². The van der Waals surface area contributed by atoms with Gasteiger partial charge in [0.05, 0.1) is 6.04 Å². The van der Waals surface area contributed by atoms with E-state index < -0.39 is 0 Å². The van der Waals surface area contributed by atoms with Crippen molar-refractivity contribution in [3.05, 3.63) is 70.3 Å². The number of carbonyl (C=O) groups excluding carboxylic acids is 2. The van der Waals surface area contributed by atoms with Crippen LogP contribution in [-0.4, -0.2) is 19.0 Å². The van der Waals surface area contributed by atoms with Crippen molar-refractivity contribution in [3.8, 4) is 0 Å². The van der Waals surface area contributed by atoms with Crippen LogP contribution >= 0.6 is 0 Å². The van der Waals surface area contributed by atoms with E-state index in [1.165, 1.54) is 24.0 Å². The van der Waals surface area contributed by atoms with Gasteiger partial charge >= 0.3 is 6.03 Å². The fourth-order valence-corrected chi connectivity index (χ4v) is 3.45. The monoisotopic (exact) mass is 365 g/mol. The lowest BCUT2D eigenvalue weighted by Crippen LogP contribution is -2.36. The second kappa shape index (κ2) is 8.71. The maximum atomic E-state index is 12.2. The SMILES string of the molecule is CNC(=O)c1ccc(CNC(=O)N[C@H](C)c2ccc3c(c2)CCCC3)cc1. The summed E-state index contributed by atoms with van der Waals surface area (Å²) in [7, 11) is 1.60. The lowest BCUT2D eigenvalue weighted by atomic mass is 9.89. The number of benzene rings is 2. The van der Waals surface area contributed by atoms with Crippen LogP contribution < -0.4 is 16.0 Å². The molecule has 0 aromatic heterocycles. The van der Waals surface area contributed by atoms with Crippen molar-refractivity contribution in [1.82, 2.24) is 16.0 Å². The molecule has 3 rings (SSSR count). The number of hydrogen-bond acceptors (Lipinski definition) is 2. The summed E-state index contributed by atoms with van der Waals surface area (Å²) in [5.74, 6) is -0.119. The van der Waals surface area contributed by atoms with Crippen molar-refractivity contribution in [3.63, 3.8) is 0 Å². The molecular weight excluding hydrogens is 338 g/mol. The van der Waals surface area contributed by atoms with Gasteiger partial charge in [-0.2, -0.15) is 0 Å². The number of carbonyl (C=O) groups is 2. The molecule has 3 N–H and O–H groups in total. The van der Waals surface area contributed by atoms with Crippen LogP contribution in [0.5, 0.6) is 0 Å². The van der Waals surface area contributed by atoms with Crippen LogP contribution in [0, 0.1) is 0 Å². The zero-order chi connectivity index (χ0) is 19.2. The second-order valence-electron chi connectivity index (χ2n) is 7.06. The Bertz CT molecular complexity index is 815. The summed E-state index contributed by atoms with van der Waals surface area (Å²) in [6.45, 7) is 2.42. The van der Waals surface area contributed by atoms with Crippen molar-refractivity contribution in [1.29, 1.82) is 0 Å². The van der Waals surface area contributed by atoms with E-state index in [2.05, 4.69) is 34.1 Å². The van der Waals surface area contributed by atoms with Gasteiger partial charge in [-0.1, -0.05) is 30.3 Å². The molecule has 1 aliphatic carbocycles. The lowest BCUT2D eigenvalue weighted by Gasteiger charge is -2.20. The maximum absolute atomic E-state index is 12.2. The van der Waals surface area contributed by atoms with Crippen LogP contribution in [0.2, 0.25) is 0 Å². The first-order valence-electron chi connectivity index (χ1n) is 9.54. The quantitative estimate of drug-likeness (QED) is 0.759. The predicted octanol–water partition coefficient (Wildman–Crippen LogP) is 3.49. The summed E-state index contributed by atoms with van der Waals surface area (Å²) in [4.78, 5) is 23.8. The van der Waals surface area contributed by atoms with Crippen molar-refractivity contribution >= 4 is 11.9 Å². The third-order valence-electron chi connectivity index (χ3n) is 5.12. The summed E-state index contributed by atoms with van der Waals surface area (Å²) >= 11 is 0. The Hall–Kier alpha value is -2.82. The van der Waals surface area contributed by atoms with Crippen LogP contribution in [0.3, 0.4) is 0 Å². The third kappa shape index (κ3) is 4.88. The number of nitrogens with one attached hydrogen (secondary N) is 3. The molecule has 0 spiro atoms. The summed E-state index contributed by atoms with van der Waals surface area (Å²) in [6.07, 6.45) is 4.81. The highest BCUT2D eigenvalue weighted by atomic mass is 16.2. The van der Waals surface area contributed by atoms with Crippen LogP contribution in [0.1, 0.15) is 58.4 Å². The molecule has 5 nitrogen and oxygen atoms in total.